The number of rotatable bonds is 5. The van der Waals surface area contributed by atoms with Crippen LogP contribution in [0.3, 0.4) is 0 Å². The van der Waals surface area contributed by atoms with Gasteiger partial charge >= 0.3 is 5.69 Å². The van der Waals surface area contributed by atoms with Crippen molar-refractivity contribution in [3.63, 3.8) is 0 Å². The summed E-state index contributed by atoms with van der Waals surface area (Å²) in [5.74, 6) is -0.665. The Morgan fingerprint density at radius 2 is 2.37 bits per heavy atom. The molecule has 0 spiro atoms. The van der Waals surface area contributed by atoms with Gasteiger partial charge in [-0.1, -0.05) is 13.0 Å². The first kappa shape index (κ1) is 13.7. The molecule has 1 aliphatic rings. The molecule has 0 aliphatic carbocycles. The topological polar surface area (TPSA) is 76.4 Å². The minimum Gasteiger partial charge on any atom is -0.393 e. The number of hydrogen-bond acceptors (Lipinski definition) is 5. The predicted molar refractivity (Wildman–Crippen MR) is 67.4 cm³/mol. The number of aromatic nitrogens is 2. The third-order valence-corrected chi connectivity index (χ3v) is 2.71. The van der Waals surface area contributed by atoms with E-state index in [1.54, 1.807) is 12.2 Å². The van der Waals surface area contributed by atoms with Crippen LogP contribution in [0.15, 0.2) is 23.1 Å². The minimum atomic E-state index is -0.730. The van der Waals surface area contributed by atoms with E-state index < -0.39 is 23.8 Å². The SMILES string of the molecule is CCCNc1nc(=O)n([C@H]2C=C[C@@H](CO)O2)cc1F. The maximum absolute atomic E-state index is 13.8. The lowest BCUT2D eigenvalue weighted by atomic mass is 10.4. The summed E-state index contributed by atoms with van der Waals surface area (Å²) in [6.07, 6.45) is 3.87. The van der Waals surface area contributed by atoms with Crippen molar-refractivity contribution in [1.82, 2.24) is 9.55 Å². The monoisotopic (exact) mass is 269 g/mol. The standard InChI is InChI=1S/C12H16FN3O3/c1-2-5-14-11-9(13)6-16(12(18)15-11)10-4-3-8(7-17)19-10/h3-4,6,8,10,17H,2,5,7H2,1H3,(H,14,15,18)/t8-,10+/m0/s1. The summed E-state index contributed by atoms with van der Waals surface area (Å²) in [6, 6.07) is 0. The van der Waals surface area contributed by atoms with Gasteiger partial charge in [0, 0.05) is 6.54 Å². The lowest BCUT2D eigenvalue weighted by Crippen LogP contribution is -2.29. The zero-order chi connectivity index (χ0) is 13.8. The molecule has 1 aromatic heterocycles. The number of halogens is 1. The van der Waals surface area contributed by atoms with Crippen LogP contribution < -0.4 is 11.0 Å². The second kappa shape index (κ2) is 5.94. The summed E-state index contributed by atoms with van der Waals surface area (Å²) in [5.41, 5.74) is -0.603. The van der Waals surface area contributed by atoms with Crippen molar-refractivity contribution >= 4 is 5.82 Å². The Balaban J connectivity index is 2.22. The fourth-order valence-electron chi connectivity index (χ4n) is 1.75. The maximum atomic E-state index is 13.8. The van der Waals surface area contributed by atoms with Crippen molar-refractivity contribution in [2.45, 2.75) is 25.7 Å². The molecule has 0 saturated carbocycles. The Morgan fingerprint density at radius 3 is 3.00 bits per heavy atom. The fraction of sp³-hybridized carbons (Fsp3) is 0.500. The molecule has 2 atom stereocenters. The molecule has 2 rings (SSSR count). The van der Waals surface area contributed by atoms with E-state index in [0.29, 0.717) is 6.54 Å². The Bertz CT molecular complexity index is 529. The van der Waals surface area contributed by atoms with E-state index in [-0.39, 0.29) is 12.4 Å². The molecule has 0 radical (unpaired) electrons. The molecular weight excluding hydrogens is 253 g/mol. The van der Waals surface area contributed by atoms with Gasteiger partial charge in [-0.3, -0.25) is 4.57 Å². The molecular formula is C12H16FN3O3. The van der Waals surface area contributed by atoms with Crippen molar-refractivity contribution in [1.29, 1.82) is 0 Å². The van der Waals surface area contributed by atoms with Gasteiger partial charge in [-0.25, -0.2) is 9.18 Å². The summed E-state index contributed by atoms with van der Waals surface area (Å²) >= 11 is 0. The van der Waals surface area contributed by atoms with E-state index in [1.807, 2.05) is 6.92 Å². The van der Waals surface area contributed by atoms with Crippen LogP contribution in [0, 0.1) is 5.82 Å². The van der Waals surface area contributed by atoms with Crippen LogP contribution >= 0.6 is 0 Å². The molecule has 104 valence electrons. The fourth-order valence-corrected chi connectivity index (χ4v) is 1.75. The van der Waals surface area contributed by atoms with Gasteiger partial charge in [0.25, 0.3) is 0 Å². The molecule has 2 heterocycles. The Morgan fingerprint density at radius 1 is 1.58 bits per heavy atom. The van der Waals surface area contributed by atoms with Crippen LogP contribution in [0.1, 0.15) is 19.6 Å². The molecule has 0 unspecified atom stereocenters. The summed E-state index contributed by atoms with van der Waals surface area (Å²) in [6.45, 7) is 2.28. The van der Waals surface area contributed by atoms with E-state index in [1.165, 1.54) is 0 Å². The third-order valence-electron chi connectivity index (χ3n) is 2.71. The third kappa shape index (κ3) is 2.99. The first-order valence-corrected chi connectivity index (χ1v) is 6.13. The molecule has 2 N–H and O–H groups in total. The van der Waals surface area contributed by atoms with Gasteiger partial charge in [-0.05, 0) is 12.5 Å². The lowest BCUT2D eigenvalue weighted by molar-refractivity contribution is -0.0106. The second-order valence-corrected chi connectivity index (χ2v) is 4.19. The van der Waals surface area contributed by atoms with E-state index in [2.05, 4.69) is 10.3 Å². The number of hydrogen-bond donors (Lipinski definition) is 2. The van der Waals surface area contributed by atoms with Gasteiger partial charge in [0.05, 0.1) is 12.8 Å². The van der Waals surface area contributed by atoms with Crippen molar-refractivity contribution in [2.24, 2.45) is 0 Å². The van der Waals surface area contributed by atoms with Crippen LogP contribution in [-0.4, -0.2) is 33.9 Å². The quantitative estimate of drug-likeness (QED) is 0.768. The van der Waals surface area contributed by atoms with Crippen LogP contribution in [-0.2, 0) is 4.74 Å². The van der Waals surface area contributed by atoms with Gasteiger partial charge in [-0.15, -0.1) is 0 Å². The number of aliphatic hydroxyl groups is 1. The summed E-state index contributed by atoms with van der Waals surface area (Å²) in [4.78, 5) is 15.5. The molecule has 0 fully saturated rings. The average Bonchev–Trinajstić information content (AvgIpc) is 2.88. The lowest BCUT2D eigenvalue weighted by Gasteiger charge is -2.15. The summed E-state index contributed by atoms with van der Waals surface area (Å²) in [7, 11) is 0. The van der Waals surface area contributed by atoms with Crippen molar-refractivity contribution in [2.75, 3.05) is 18.5 Å². The molecule has 0 saturated heterocycles. The van der Waals surface area contributed by atoms with E-state index in [0.717, 1.165) is 17.2 Å². The predicted octanol–water partition coefficient (Wildman–Crippen LogP) is 0.650. The van der Waals surface area contributed by atoms with E-state index in [9.17, 15) is 9.18 Å². The van der Waals surface area contributed by atoms with Crippen molar-refractivity contribution in [3.05, 3.63) is 34.7 Å². The first-order chi connectivity index (χ1) is 9.15. The average molecular weight is 269 g/mol. The largest absolute Gasteiger partial charge is 0.393 e. The van der Waals surface area contributed by atoms with Gasteiger partial charge in [0.2, 0.25) is 0 Å². The molecule has 0 aromatic carbocycles. The second-order valence-electron chi connectivity index (χ2n) is 4.19. The number of ether oxygens (including phenoxy) is 1. The van der Waals surface area contributed by atoms with Crippen molar-refractivity contribution < 1.29 is 14.2 Å². The highest BCUT2D eigenvalue weighted by molar-refractivity contribution is 5.34. The Labute approximate surface area is 109 Å². The highest BCUT2D eigenvalue weighted by Gasteiger charge is 2.22. The Hall–Kier alpha value is -1.73. The molecule has 6 nitrogen and oxygen atoms in total. The number of nitrogens with zero attached hydrogens (tertiary/aromatic N) is 2. The van der Waals surface area contributed by atoms with Crippen LogP contribution in [0.25, 0.3) is 0 Å². The number of aliphatic hydroxyl groups excluding tert-OH is 1. The molecule has 0 bridgehead atoms. The summed E-state index contributed by atoms with van der Waals surface area (Å²) < 4.78 is 20.2. The molecule has 19 heavy (non-hydrogen) atoms. The maximum Gasteiger partial charge on any atom is 0.352 e. The van der Waals surface area contributed by atoms with E-state index >= 15 is 0 Å². The highest BCUT2D eigenvalue weighted by Crippen LogP contribution is 2.20. The Kier molecular flexibility index (Phi) is 4.28. The highest BCUT2D eigenvalue weighted by atomic mass is 19.1. The molecule has 7 heteroatoms. The zero-order valence-electron chi connectivity index (χ0n) is 10.5. The number of nitrogens with one attached hydrogen (secondary N) is 1. The normalized spacial score (nSPS) is 21.8. The van der Waals surface area contributed by atoms with Crippen molar-refractivity contribution in [3.8, 4) is 0 Å². The van der Waals surface area contributed by atoms with Crippen LogP contribution in [0.5, 0.6) is 0 Å². The van der Waals surface area contributed by atoms with Gasteiger partial charge in [-0.2, -0.15) is 4.98 Å². The van der Waals surface area contributed by atoms with E-state index in [4.69, 9.17) is 9.84 Å². The number of anilines is 1. The van der Waals surface area contributed by atoms with Crippen LogP contribution in [0.4, 0.5) is 10.2 Å². The molecule has 0 amide bonds. The molecule has 1 aromatic rings. The van der Waals surface area contributed by atoms with Gasteiger partial charge < -0.3 is 15.2 Å². The first-order valence-electron chi connectivity index (χ1n) is 6.13. The smallest absolute Gasteiger partial charge is 0.352 e. The summed E-state index contributed by atoms with van der Waals surface area (Å²) in [5, 5.41) is 11.7. The van der Waals surface area contributed by atoms with Gasteiger partial charge in [0.1, 0.15) is 6.10 Å². The van der Waals surface area contributed by atoms with Gasteiger partial charge in [0.15, 0.2) is 17.9 Å². The van der Waals surface area contributed by atoms with Crippen LogP contribution in [0.2, 0.25) is 0 Å². The minimum absolute atomic E-state index is 0.0521. The zero-order valence-corrected chi connectivity index (χ0v) is 10.5. The molecule has 1 aliphatic heterocycles.